The maximum Gasteiger partial charge on any atom is 0.273 e. The molecule has 0 amide bonds. The van der Waals surface area contributed by atoms with Crippen LogP contribution < -0.4 is 10.3 Å². The average molecular weight is 209 g/mol. The van der Waals surface area contributed by atoms with Crippen LogP contribution >= 0.6 is 11.3 Å². The summed E-state index contributed by atoms with van der Waals surface area (Å²) in [5.41, 5.74) is 0.834. The Labute approximate surface area is 83.4 Å². The number of aromatic amines is 1. The van der Waals surface area contributed by atoms with E-state index in [1.54, 1.807) is 5.38 Å². The first-order valence-corrected chi connectivity index (χ1v) is 4.72. The molecule has 0 bridgehead atoms. The maximum absolute atomic E-state index is 11.3. The lowest BCUT2D eigenvalue weighted by Crippen LogP contribution is -2.08. The Morgan fingerprint density at radius 2 is 2.43 bits per heavy atom. The van der Waals surface area contributed by atoms with Crippen molar-refractivity contribution in [3.8, 4) is 16.5 Å². The van der Waals surface area contributed by atoms with E-state index in [1.165, 1.54) is 31.0 Å². The van der Waals surface area contributed by atoms with Crippen LogP contribution in [0.1, 0.15) is 0 Å². The van der Waals surface area contributed by atoms with E-state index in [1.807, 2.05) is 0 Å². The van der Waals surface area contributed by atoms with E-state index in [0.29, 0.717) is 16.5 Å². The Bertz CT molecular complexity index is 491. The Kier molecular flexibility index (Phi) is 2.28. The fraction of sp³-hybridized carbons (Fsp3) is 0.125. The summed E-state index contributed by atoms with van der Waals surface area (Å²) in [5, 5.41) is 2.29. The molecule has 72 valence electrons. The van der Waals surface area contributed by atoms with E-state index in [9.17, 15) is 4.79 Å². The van der Waals surface area contributed by atoms with Crippen LogP contribution in [0.15, 0.2) is 22.7 Å². The molecule has 2 aromatic rings. The number of nitrogens with one attached hydrogen (secondary N) is 1. The van der Waals surface area contributed by atoms with Crippen LogP contribution in [-0.4, -0.2) is 22.1 Å². The number of methoxy groups -OCH3 is 1. The molecule has 0 saturated heterocycles. The molecule has 0 spiro atoms. The van der Waals surface area contributed by atoms with E-state index >= 15 is 0 Å². The molecule has 0 atom stereocenters. The van der Waals surface area contributed by atoms with Crippen molar-refractivity contribution in [2.45, 2.75) is 0 Å². The van der Waals surface area contributed by atoms with Gasteiger partial charge in [0.25, 0.3) is 10.8 Å². The summed E-state index contributed by atoms with van der Waals surface area (Å²) in [6.45, 7) is 0. The quantitative estimate of drug-likeness (QED) is 0.798. The number of hydrogen-bond donors (Lipinski definition) is 1. The molecule has 6 heteroatoms. The fourth-order valence-corrected chi connectivity index (χ4v) is 1.64. The second-order valence-corrected chi connectivity index (χ2v) is 3.32. The van der Waals surface area contributed by atoms with E-state index < -0.39 is 0 Å². The van der Waals surface area contributed by atoms with Gasteiger partial charge in [-0.3, -0.25) is 4.79 Å². The van der Waals surface area contributed by atoms with Crippen molar-refractivity contribution in [3.05, 3.63) is 28.3 Å². The minimum Gasteiger partial charge on any atom is -0.473 e. The predicted octanol–water partition coefficient (Wildman–Crippen LogP) is 0.902. The van der Waals surface area contributed by atoms with Crippen molar-refractivity contribution in [1.82, 2.24) is 15.0 Å². The standard InChI is InChI=1S/C8H7N3O2S/c1-13-8-11-6(3-14-8)5-2-9-4-10-7(5)12/h2-4H,1H3,(H,9,10,12). The van der Waals surface area contributed by atoms with Crippen LogP contribution in [0.5, 0.6) is 5.19 Å². The third-order valence-corrected chi connectivity index (χ3v) is 2.45. The van der Waals surface area contributed by atoms with E-state index in [0.717, 1.165) is 0 Å². The molecule has 2 rings (SSSR count). The molecule has 2 aromatic heterocycles. The smallest absolute Gasteiger partial charge is 0.273 e. The van der Waals surface area contributed by atoms with Crippen molar-refractivity contribution in [2.75, 3.05) is 7.11 Å². The fourth-order valence-electron chi connectivity index (χ4n) is 1.00. The van der Waals surface area contributed by atoms with Gasteiger partial charge in [-0.2, -0.15) is 0 Å². The van der Waals surface area contributed by atoms with E-state index in [-0.39, 0.29) is 5.56 Å². The summed E-state index contributed by atoms with van der Waals surface area (Å²) >= 11 is 1.34. The molecule has 0 unspecified atom stereocenters. The summed E-state index contributed by atoms with van der Waals surface area (Å²) in [7, 11) is 1.54. The summed E-state index contributed by atoms with van der Waals surface area (Å²) in [4.78, 5) is 21.7. The van der Waals surface area contributed by atoms with Crippen LogP contribution in [0.25, 0.3) is 11.3 Å². The molecule has 0 aliphatic heterocycles. The molecule has 0 radical (unpaired) electrons. The van der Waals surface area contributed by atoms with Crippen LogP contribution in [0, 0.1) is 0 Å². The SMILES string of the molecule is COc1nc(-c2cnc[nH]c2=O)cs1. The van der Waals surface area contributed by atoms with Crippen molar-refractivity contribution < 1.29 is 4.74 Å². The van der Waals surface area contributed by atoms with Crippen molar-refractivity contribution in [2.24, 2.45) is 0 Å². The first-order valence-electron chi connectivity index (χ1n) is 3.84. The van der Waals surface area contributed by atoms with Crippen LogP contribution in [0.4, 0.5) is 0 Å². The molecular weight excluding hydrogens is 202 g/mol. The molecule has 0 aromatic carbocycles. The molecule has 5 nitrogen and oxygen atoms in total. The van der Waals surface area contributed by atoms with Crippen LogP contribution in [0.2, 0.25) is 0 Å². The monoisotopic (exact) mass is 209 g/mol. The number of hydrogen-bond acceptors (Lipinski definition) is 5. The maximum atomic E-state index is 11.3. The third-order valence-electron chi connectivity index (χ3n) is 1.65. The topological polar surface area (TPSA) is 67.9 Å². The van der Waals surface area contributed by atoms with Gasteiger partial charge in [-0.1, -0.05) is 11.3 Å². The number of rotatable bonds is 2. The van der Waals surface area contributed by atoms with E-state index in [4.69, 9.17) is 4.74 Å². The van der Waals surface area contributed by atoms with Gasteiger partial charge in [0.1, 0.15) is 0 Å². The van der Waals surface area contributed by atoms with Crippen molar-refractivity contribution in [3.63, 3.8) is 0 Å². The lowest BCUT2D eigenvalue weighted by molar-refractivity contribution is 0.412. The number of nitrogens with zero attached hydrogens (tertiary/aromatic N) is 2. The summed E-state index contributed by atoms with van der Waals surface area (Å²) in [6, 6.07) is 0. The molecule has 0 fully saturated rings. The summed E-state index contributed by atoms with van der Waals surface area (Å²) in [6.07, 6.45) is 2.82. The molecule has 0 aliphatic rings. The third kappa shape index (κ3) is 1.51. The first kappa shape index (κ1) is 8.89. The lowest BCUT2D eigenvalue weighted by Gasteiger charge is -1.92. The minimum absolute atomic E-state index is 0.201. The second kappa shape index (κ2) is 3.59. The lowest BCUT2D eigenvalue weighted by atomic mass is 10.3. The number of H-pyrrole nitrogens is 1. The van der Waals surface area contributed by atoms with Crippen molar-refractivity contribution in [1.29, 1.82) is 0 Å². The number of aromatic nitrogens is 3. The van der Waals surface area contributed by atoms with Crippen molar-refractivity contribution >= 4 is 11.3 Å². The van der Waals surface area contributed by atoms with Gasteiger partial charge in [0.05, 0.1) is 24.7 Å². The normalized spacial score (nSPS) is 10.1. The first-order chi connectivity index (χ1) is 6.81. The second-order valence-electron chi connectivity index (χ2n) is 2.50. The van der Waals surface area contributed by atoms with Crippen LogP contribution in [0.3, 0.4) is 0 Å². The molecule has 0 saturated carbocycles. The zero-order chi connectivity index (χ0) is 9.97. The zero-order valence-corrected chi connectivity index (χ0v) is 8.17. The van der Waals surface area contributed by atoms with Gasteiger partial charge in [0, 0.05) is 11.6 Å². The van der Waals surface area contributed by atoms with Gasteiger partial charge in [-0.15, -0.1) is 0 Å². The molecule has 14 heavy (non-hydrogen) atoms. The van der Waals surface area contributed by atoms with E-state index in [2.05, 4.69) is 15.0 Å². The van der Waals surface area contributed by atoms with Crippen LogP contribution in [-0.2, 0) is 0 Å². The Morgan fingerprint density at radius 1 is 1.57 bits per heavy atom. The van der Waals surface area contributed by atoms with Gasteiger partial charge < -0.3 is 9.72 Å². The Balaban J connectivity index is 2.50. The van der Waals surface area contributed by atoms with Gasteiger partial charge >= 0.3 is 0 Å². The van der Waals surface area contributed by atoms with Gasteiger partial charge in [-0.05, 0) is 0 Å². The molecular formula is C8H7N3O2S. The Morgan fingerprint density at radius 3 is 3.07 bits per heavy atom. The van der Waals surface area contributed by atoms with Gasteiger partial charge in [0.2, 0.25) is 0 Å². The largest absolute Gasteiger partial charge is 0.473 e. The zero-order valence-electron chi connectivity index (χ0n) is 7.35. The highest BCUT2D eigenvalue weighted by atomic mass is 32.1. The summed E-state index contributed by atoms with van der Waals surface area (Å²) in [5.74, 6) is 0. The van der Waals surface area contributed by atoms with Gasteiger partial charge in [-0.25, -0.2) is 9.97 Å². The highest BCUT2D eigenvalue weighted by Gasteiger charge is 2.07. The number of ether oxygens (including phenoxy) is 1. The molecule has 2 heterocycles. The Hall–Kier alpha value is -1.69. The number of thiazole rings is 1. The highest BCUT2D eigenvalue weighted by Crippen LogP contribution is 2.23. The molecule has 0 aliphatic carbocycles. The molecule has 1 N–H and O–H groups in total. The predicted molar refractivity (Wildman–Crippen MR) is 52.5 cm³/mol. The highest BCUT2D eigenvalue weighted by molar-refractivity contribution is 7.11. The average Bonchev–Trinajstić information content (AvgIpc) is 2.67. The van der Waals surface area contributed by atoms with Gasteiger partial charge in [0.15, 0.2) is 0 Å². The summed E-state index contributed by atoms with van der Waals surface area (Å²) < 4.78 is 4.93. The minimum atomic E-state index is -0.201.